The van der Waals surface area contributed by atoms with Gasteiger partial charge in [0.2, 0.25) is 0 Å². The largest absolute Gasteiger partial charge is 0.394 e. The van der Waals surface area contributed by atoms with Crippen molar-refractivity contribution in [2.24, 2.45) is 0 Å². The molecule has 2 aromatic carbocycles. The van der Waals surface area contributed by atoms with Crippen molar-refractivity contribution in [2.45, 2.75) is 69.1 Å². The van der Waals surface area contributed by atoms with Crippen LogP contribution in [0.5, 0.6) is 0 Å². The van der Waals surface area contributed by atoms with Gasteiger partial charge in [-0.2, -0.15) is 0 Å². The van der Waals surface area contributed by atoms with Crippen molar-refractivity contribution in [1.29, 1.82) is 0 Å². The maximum absolute atomic E-state index is 10.1. The molecule has 4 rings (SSSR count). The fourth-order valence-electron chi connectivity index (χ4n) is 5.90. The van der Waals surface area contributed by atoms with Crippen LogP contribution in [0.2, 0.25) is 0 Å². The van der Waals surface area contributed by atoms with Crippen LogP contribution in [0.15, 0.2) is 60.7 Å². The molecule has 31 heavy (non-hydrogen) atoms. The Hall–Kier alpha value is -1.72. The van der Waals surface area contributed by atoms with Gasteiger partial charge >= 0.3 is 0 Å². The van der Waals surface area contributed by atoms with Gasteiger partial charge in [0.15, 0.2) is 0 Å². The van der Waals surface area contributed by atoms with Gasteiger partial charge in [0.25, 0.3) is 0 Å². The molecule has 0 saturated carbocycles. The fourth-order valence-corrected chi connectivity index (χ4v) is 5.90. The molecule has 4 atom stereocenters. The summed E-state index contributed by atoms with van der Waals surface area (Å²) in [6, 6.07) is 22.3. The van der Waals surface area contributed by atoms with Crippen LogP contribution in [-0.4, -0.2) is 58.4 Å². The van der Waals surface area contributed by atoms with E-state index in [-0.39, 0.29) is 25.3 Å². The highest BCUT2D eigenvalue weighted by molar-refractivity contribution is 5.20. The number of aliphatic hydroxyl groups is 2. The lowest BCUT2D eigenvalue weighted by Crippen LogP contribution is -2.37. The van der Waals surface area contributed by atoms with Crippen molar-refractivity contribution >= 4 is 0 Å². The third-order valence-electron chi connectivity index (χ3n) is 7.44. The molecule has 0 spiro atoms. The topological polar surface area (TPSA) is 46.9 Å². The maximum Gasteiger partial charge on any atom is 0.0628 e. The number of nitrogens with zero attached hydrogens (tertiary/aromatic N) is 2. The summed E-state index contributed by atoms with van der Waals surface area (Å²) in [5.74, 6) is 0. The molecule has 0 radical (unpaired) electrons. The zero-order valence-corrected chi connectivity index (χ0v) is 18.6. The summed E-state index contributed by atoms with van der Waals surface area (Å²) in [4.78, 5) is 5.09. The molecule has 2 fully saturated rings. The van der Waals surface area contributed by atoms with E-state index in [0.717, 1.165) is 13.1 Å². The minimum absolute atomic E-state index is 0.119. The highest BCUT2D eigenvalue weighted by Gasteiger charge is 2.33. The third kappa shape index (κ3) is 5.38. The van der Waals surface area contributed by atoms with Gasteiger partial charge in [0.05, 0.1) is 25.3 Å². The second-order valence-corrected chi connectivity index (χ2v) is 9.22. The normalized spacial score (nSPS) is 24.5. The molecular weight excluding hydrogens is 384 g/mol. The van der Waals surface area contributed by atoms with Gasteiger partial charge in [0.1, 0.15) is 0 Å². The molecule has 2 N–H and O–H groups in total. The molecule has 2 aliphatic heterocycles. The lowest BCUT2D eigenvalue weighted by Gasteiger charge is -2.34. The third-order valence-corrected chi connectivity index (χ3v) is 7.44. The fraction of sp³-hybridized carbons (Fsp3) is 0.556. The predicted octanol–water partition coefficient (Wildman–Crippen LogP) is 4.55. The first-order valence-electron chi connectivity index (χ1n) is 12.1. The Morgan fingerprint density at radius 3 is 1.48 bits per heavy atom. The maximum atomic E-state index is 10.1. The lowest BCUT2D eigenvalue weighted by molar-refractivity contribution is 0.0962. The molecule has 2 saturated heterocycles. The minimum atomic E-state index is 0.119. The molecular formula is C27H38N2O2. The number of likely N-dealkylation sites (tertiary alicyclic amines) is 2. The van der Waals surface area contributed by atoms with E-state index in [1.807, 2.05) is 12.1 Å². The smallest absolute Gasteiger partial charge is 0.0628 e. The van der Waals surface area contributed by atoms with E-state index in [4.69, 9.17) is 0 Å². The highest BCUT2D eigenvalue weighted by Crippen LogP contribution is 2.34. The van der Waals surface area contributed by atoms with E-state index in [0.29, 0.717) is 12.1 Å². The average Bonchev–Trinajstić information content (AvgIpc) is 3.47. The van der Waals surface area contributed by atoms with Gasteiger partial charge in [-0.1, -0.05) is 67.1 Å². The first-order chi connectivity index (χ1) is 15.3. The Labute approximate surface area is 187 Å². The first-order valence-corrected chi connectivity index (χ1v) is 12.1. The van der Waals surface area contributed by atoms with E-state index in [2.05, 4.69) is 58.3 Å². The molecule has 2 heterocycles. The van der Waals surface area contributed by atoms with Crippen LogP contribution < -0.4 is 0 Å². The summed E-state index contributed by atoms with van der Waals surface area (Å²) in [6.45, 7) is 2.54. The summed E-state index contributed by atoms with van der Waals surface area (Å²) in [6.07, 6.45) is 8.53. The highest BCUT2D eigenvalue weighted by atomic mass is 16.3. The summed E-state index contributed by atoms with van der Waals surface area (Å²) >= 11 is 0. The van der Waals surface area contributed by atoms with Crippen LogP contribution in [0.1, 0.15) is 68.2 Å². The molecule has 0 unspecified atom stereocenters. The number of benzene rings is 2. The van der Waals surface area contributed by atoms with Crippen LogP contribution in [0.4, 0.5) is 0 Å². The van der Waals surface area contributed by atoms with Crippen LogP contribution in [0.3, 0.4) is 0 Å². The van der Waals surface area contributed by atoms with Crippen molar-refractivity contribution in [2.75, 3.05) is 26.3 Å². The standard InChI is InChI=1S/C27H38N2O2/c30-20-26(22-10-3-1-4-11-22)28-18-8-16-24(28)14-7-15-25-17-9-19-29(25)27(21-31)23-12-5-2-6-13-23/h1-6,10-13,24-27,30-31H,7-9,14-21H2/t24-,25-,26+,27+/m1/s1. The Kier molecular flexibility index (Phi) is 8.15. The molecule has 168 valence electrons. The SMILES string of the molecule is OC[C@@H](c1ccccc1)N1CCC[C@H]1CCC[C@@H]1CCCN1[C@@H](CO)c1ccccc1. The second kappa shape index (κ2) is 11.2. The van der Waals surface area contributed by atoms with Crippen LogP contribution in [0, 0.1) is 0 Å². The zero-order chi connectivity index (χ0) is 21.5. The zero-order valence-electron chi connectivity index (χ0n) is 18.6. The lowest BCUT2D eigenvalue weighted by atomic mass is 9.98. The van der Waals surface area contributed by atoms with E-state index >= 15 is 0 Å². The Bertz CT molecular complexity index is 704. The van der Waals surface area contributed by atoms with Crippen LogP contribution in [-0.2, 0) is 0 Å². The van der Waals surface area contributed by atoms with Crippen molar-refractivity contribution in [3.05, 3.63) is 71.8 Å². The van der Waals surface area contributed by atoms with Gasteiger partial charge in [-0.15, -0.1) is 0 Å². The van der Waals surface area contributed by atoms with Crippen molar-refractivity contribution in [3.63, 3.8) is 0 Å². The van der Waals surface area contributed by atoms with Crippen molar-refractivity contribution in [3.8, 4) is 0 Å². The summed E-state index contributed by atoms with van der Waals surface area (Å²) in [7, 11) is 0. The Balaban J connectivity index is 1.33. The molecule has 4 nitrogen and oxygen atoms in total. The van der Waals surface area contributed by atoms with Gasteiger partial charge in [-0.3, -0.25) is 9.80 Å². The Morgan fingerprint density at radius 1 is 0.677 bits per heavy atom. The number of aliphatic hydroxyl groups excluding tert-OH is 2. The molecule has 2 aliphatic rings. The van der Waals surface area contributed by atoms with Gasteiger partial charge in [-0.25, -0.2) is 0 Å². The van der Waals surface area contributed by atoms with Gasteiger partial charge in [-0.05, 0) is 62.7 Å². The molecule has 4 heteroatoms. The molecule has 0 aromatic heterocycles. The molecule has 0 bridgehead atoms. The Morgan fingerprint density at radius 2 is 1.10 bits per heavy atom. The molecule has 0 amide bonds. The van der Waals surface area contributed by atoms with Crippen LogP contribution in [0.25, 0.3) is 0 Å². The van der Waals surface area contributed by atoms with Crippen molar-refractivity contribution in [1.82, 2.24) is 9.80 Å². The number of rotatable bonds is 10. The summed E-state index contributed by atoms with van der Waals surface area (Å²) in [5.41, 5.74) is 2.46. The second-order valence-electron chi connectivity index (χ2n) is 9.22. The van der Waals surface area contributed by atoms with E-state index in [9.17, 15) is 10.2 Å². The molecule has 0 aliphatic carbocycles. The molecule has 2 aromatic rings. The summed E-state index contributed by atoms with van der Waals surface area (Å²) in [5, 5.41) is 20.2. The monoisotopic (exact) mass is 422 g/mol. The average molecular weight is 423 g/mol. The number of hydrogen-bond acceptors (Lipinski definition) is 4. The van der Waals surface area contributed by atoms with E-state index in [1.54, 1.807) is 0 Å². The van der Waals surface area contributed by atoms with Crippen LogP contribution >= 0.6 is 0 Å². The first kappa shape index (κ1) is 22.5. The quantitative estimate of drug-likeness (QED) is 0.590. The minimum Gasteiger partial charge on any atom is -0.394 e. The van der Waals surface area contributed by atoms with Crippen molar-refractivity contribution < 1.29 is 10.2 Å². The van der Waals surface area contributed by atoms with E-state index in [1.165, 1.54) is 56.1 Å². The van der Waals surface area contributed by atoms with E-state index < -0.39 is 0 Å². The van der Waals surface area contributed by atoms with Gasteiger partial charge < -0.3 is 10.2 Å². The van der Waals surface area contributed by atoms with Gasteiger partial charge in [0, 0.05) is 12.1 Å². The number of hydrogen-bond donors (Lipinski definition) is 2. The predicted molar refractivity (Wildman–Crippen MR) is 126 cm³/mol. The summed E-state index contributed by atoms with van der Waals surface area (Å²) < 4.78 is 0.